The molecule has 1 aliphatic rings. The minimum Gasteiger partial charge on any atom is -0.493 e. The Labute approximate surface area is 210 Å². The molecular formula is C25H18Cl2FNO4S. The Bertz CT molecular complexity index is 1300. The van der Waals surface area contributed by atoms with Crippen molar-refractivity contribution < 1.29 is 23.5 Å². The third kappa shape index (κ3) is 5.38. The Kier molecular flexibility index (Phi) is 7.46. The van der Waals surface area contributed by atoms with Gasteiger partial charge in [0, 0.05) is 15.6 Å². The Morgan fingerprint density at radius 3 is 2.53 bits per heavy atom. The number of carbonyl (C=O) groups is 2. The minimum atomic E-state index is -0.417. The Morgan fingerprint density at radius 2 is 1.79 bits per heavy atom. The molecule has 0 saturated carbocycles. The van der Waals surface area contributed by atoms with Crippen molar-refractivity contribution in [3.05, 3.63) is 98.1 Å². The van der Waals surface area contributed by atoms with E-state index in [0.29, 0.717) is 38.2 Å². The number of methoxy groups -OCH3 is 1. The molecule has 0 bridgehead atoms. The molecule has 5 nitrogen and oxygen atoms in total. The molecule has 0 aromatic heterocycles. The average molecular weight is 518 g/mol. The van der Waals surface area contributed by atoms with Gasteiger partial charge in [0.1, 0.15) is 12.4 Å². The van der Waals surface area contributed by atoms with Gasteiger partial charge < -0.3 is 9.47 Å². The van der Waals surface area contributed by atoms with E-state index in [1.54, 1.807) is 60.7 Å². The Hall–Kier alpha value is -3.00. The van der Waals surface area contributed by atoms with Crippen LogP contribution in [0.1, 0.15) is 16.7 Å². The number of thioether (sulfide) groups is 1. The van der Waals surface area contributed by atoms with Gasteiger partial charge in [-0.3, -0.25) is 14.5 Å². The second-order valence-electron chi connectivity index (χ2n) is 7.29. The van der Waals surface area contributed by atoms with Gasteiger partial charge in [-0.15, -0.1) is 0 Å². The Morgan fingerprint density at radius 1 is 1.00 bits per heavy atom. The van der Waals surface area contributed by atoms with Gasteiger partial charge in [0.05, 0.1) is 18.6 Å². The van der Waals surface area contributed by atoms with E-state index in [-0.39, 0.29) is 29.1 Å². The molecule has 0 atom stereocenters. The third-order valence-electron chi connectivity index (χ3n) is 5.04. The van der Waals surface area contributed by atoms with Crippen molar-refractivity contribution >= 4 is 52.2 Å². The van der Waals surface area contributed by atoms with Crippen LogP contribution in [-0.2, 0) is 17.9 Å². The highest BCUT2D eigenvalue weighted by Crippen LogP contribution is 2.36. The second-order valence-corrected chi connectivity index (χ2v) is 9.13. The largest absolute Gasteiger partial charge is 0.493 e. The molecule has 34 heavy (non-hydrogen) atoms. The molecule has 174 valence electrons. The molecule has 2 amide bonds. The fourth-order valence-corrected chi connectivity index (χ4v) is 4.58. The van der Waals surface area contributed by atoms with Crippen molar-refractivity contribution in [2.24, 2.45) is 0 Å². The van der Waals surface area contributed by atoms with E-state index in [1.807, 2.05) is 0 Å². The first kappa shape index (κ1) is 24.1. The van der Waals surface area contributed by atoms with Crippen molar-refractivity contribution in [3.63, 3.8) is 0 Å². The predicted octanol–water partition coefficient (Wildman–Crippen LogP) is 6.96. The van der Waals surface area contributed by atoms with Crippen LogP contribution in [0.15, 0.2) is 65.6 Å². The van der Waals surface area contributed by atoms with Crippen LogP contribution in [0.2, 0.25) is 10.0 Å². The van der Waals surface area contributed by atoms with Crippen LogP contribution in [0.3, 0.4) is 0 Å². The lowest BCUT2D eigenvalue weighted by Crippen LogP contribution is -2.27. The van der Waals surface area contributed by atoms with Gasteiger partial charge in [-0.05, 0) is 59.3 Å². The van der Waals surface area contributed by atoms with Crippen LogP contribution < -0.4 is 9.47 Å². The summed E-state index contributed by atoms with van der Waals surface area (Å²) in [6.45, 7) is 0.0820. The highest BCUT2D eigenvalue weighted by atomic mass is 35.5. The summed E-state index contributed by atoms with van der Waals surface area (Å²) >= 11 is 13.0. The number of halogens is 3. The summed E-state index contributed by atoms with van der Waals surface area (Å²) in [7, 11) is 1.48. The Balaban J connectivity index is 1.50. The van der Waals surface area contributed by atoms with Gasteiger partial charge in [0.25, 0.3) is 11.1 Å². The number of carbonyl (C=O) groups excluding carboxylic acids is 2. The van der Waals surface area contributed by atoms with Crippen LogP contribution in [0.4, 0.5) is 9.18 Å². The zero-order chi connectivity index (χ0) is 24.2. The highest BCUT2D eigenvalue weighted by Gasteiger charge is 2.35. The van der Waals surface area contributed by atoms with Crippen molar-refractivity contribution in [3.8, 4) is 11.5 Å². The number of benzene rings is 3. The SMILES string of the molecule is COc1cc(/C=C2/SC(=O)N(Cc3ccc(Cl)cc3Cl)C2=O)ccc1OCc1ccccc1F. The van der Waals surface area contributed by atoms with E-state index >= 15 is 0 Å². The molecule has 1 fully saturated rings. The minimum absolute atomic E-state index is 0.0362. The van der Waals surface area contributed by atoms with E-state index in [9.17, 15) is 14.0 Å². The molecular weight excluding hydrogens is 500 g/mol. The summed E-state index contributed by atoms with van der Waals surface area (Å²) < 4.78 is 25.0. The number of nitrogens with zero attached hydrogens (tertiary/aromatic N) is 1. The van der Waals surface area contributed by atoms with Crippen LogP contribution in [0, 0.1) is 5.82 Å². The summed E-state index contributed by atoms with van der Waals surface area (Å²) in [6.07, 6.45) is 1.61. The third-order valence-corrected chi connectivity index (χ3v) is 6.54. The molecule has 3 aromatic rings. The van der Waals surface area contributed by atoms with E-state index in [0.717, 1.165) is 16.7 Å². The fourth-order valence-electron chi connectivity index (χ4n) is 3.27. The maximum Gasteiger partial charge on any atom is 0.293 e. The summed E-state index contributed by atoms with van der Waals surface area (Å²) in [6, 6.07) is 16.3. The number of rotatable bonds is 7. The lowest BCUT2D eigenvalue weighted by molar-refractivity contribution is -0.123. The van der Waals surface area contributed by atoms with Crippen molar-refractivity contribution in [2.45, 2.75) is 13.2 Å². The molecule has 0 aliphatic carbocycles. The summed E-state index contributed by atoms with van der Waals surface area (Å²) in [5.41, 5.74) is 1.68. The molecule has 1 aliphatic heterocycles. The summed E-state index contributed by atoms with van der Waals surface area (Å²) in [5, 5.41) is 0.461. The summed E-state index contributed by atoms with van der Waals surface area (Å²) in [5.74, 6) is 0.0687. The molecule has 4 rings (SSSR count). The van der Waals surface area contributed by atoms with Crippen molar-refractivity contribution in [1.82, 2.24) is 4.90 Å². The van der Waals surface area contributed by atoms with Crippen LogP contribution in [-0.4, -0.2) is 23.2 Å². The van der Waals surface area contributed by atoms with Crippen molar-refractivity contribution in [1.29, 1.82) is 0 Å². The number of ether oxygens (including phenoxy) is 2. The van der Waals surface area contributed by atoms with E-state index in [2.05, 4.69) is 0 Å². The summed E-state index contributed by atoms with van der Waals surface area (Å²) in [4.78, 5) is 26.8. The van der Waals surface area contributed by atoms with Crippen LogP contribution in [0.5, 0.6) is 11.5 Å². The molecule has 1 heterocycles. The maximum atomic E-state index is 13.8. The molecule has 9 heteroatoms. The molecule has 0 spiro atoms. The number of imide groups is 1. The van der Waals surface area contributed by atoms with Gasteiger partial charge in [-0.2, -0.15) is 0 Å². The first-order valence-corrected chi connectivity index (χ1v) is 11.7. The lowest BCUT2D eigenvalue weighted by atomic mass is 10.1. The van der Waals surface area contributed by atoms with E-state index in [1.165, 1.54) is 13.2 Å². The van der Waals surface area contributed by atoms with Crippen LogP contribution >= 0.6 is 35.0 Å². The van der Waals surface area contributed by atoms with Crippen molar-refractivity contribution in [2.75, 3.05) is 7.11 Å². The fraction of sp³-hybridized carbons (Fsp3) is 0.120. The lowest BCUT2D eigenvalue weighted by Gasteiger charge is -2.14. The first-order valence-electron chi connectivity index (χ1n) is 10.1. The first-order chi connectivity index (χ1) is 16.4. The molecule has 0 N–H and O–H groups in total. The van der Waals surface area contributed by atoms with Gasteiger partial charge in [0.15, 0.2) is 11.5 Å². The highest BCUT2D eigenvalue weighted by molar-refractivity contribution is 8.18. The standard InChI is InChI=1S/C25H18Cl2FNO4S/c1-32-22-10-15(6-9-21(22)33-14-17-4-2-3-5-20(17)28)11-23-24(30)29(25(31)34-23)13-16-7-8-18(26)12-19(16)27/h2-12H,13-14H2,1H3/b23-11+. The van der Waals surface area contributed by atoms with E-state index in [4.69, 9.17) is 32.7 Å². The van der Waals surface area contributed by atoms with Gasteiger partial charge >= 0.3 is 0 Å². The predicted molar refractivity (Wildman–Crippen MR) is 132 cm³/mol. The quantitative estimate of drug-likeness (QED) is 0.317. The number of hydrogen-bond acceptors (Lipinski definition) is 5. The number of hydrogen-bond donors (Lipinski definition) is 0. The molecule has 3 aromatic carbocycles. The zero-order valence-electron chi connectivity index (χ0n) is 17.9. The van der Waals surface area contributed by atoms with Crippen LogP contribution in [0.25, 0.3) is 6.08 Å². The molecule has 1 saturated heterocycles. The smallest absolute Gasteiger partial charge is 0.293 e. The van der Waals surface area contributed by atoms with E-state index < -0.39 is 5.91 Å². The van der Waals surface area contributed by atoms with Gasteiger partial charge in [-0.1, -0.05) is 53.5 Å². The molecule has 0 unspecified atom stereocenters. The average Bonchev–Trinajstić information content (AvgIpc) is 3.08. The second kappa shape index (κ2) is 10.5. The zero-order valence-corrected chi connectivity index (χ0v) is 20.2. The van der Waals surface area contributed by atoms with Gasteiger partial charge in [0.2, 0.25) is 0 Å². The monoisotopic (exact) mass is 517 g/mol. The topological polar surface area (TPSA) is 55.8 Å². The maximum absolute atomic E-state index is 13.8. The normalized spacial score (nSPS) is 14.7. The van der Waals surface area contributed by atoms with Gasteiger partial charge in [-0.25, -0.2) is 4.39 Å². The molecule has 0 radical (unpaired) electrons. The number of amides is 2.